The van der Waals surface area contributed by atoms with Crippen molar-refractivity contribution in [2.24, 2.45) is 0 Å². The van der Waals surface area contributed by atoms with E-state index >= 15 is 0 Å². The van der Waals surface area contributed by atoms with Crippen LogP contribution in [0.25, 0.3) is 11.3 Å². The fourth-order valence-corrected chi connectivity index (χ4v) is 4.54. The number of hydrogen-bond acceptors (Lipinski definition) is 6. The summed E-state index contributed by atoms with van der Waals surface area (Å²) in [7, 11) is 3.26. The molecule has 0 fully saturated rings. The lowest BCUT2D eigenvalue weighted by atomic mass is 9.95. The molecule has 1 aromatic heterocycles. The summed E-state index contributed by atoms with van der Waals surface area (Å²) in [6, 6.07) is 12.4. The second-order valence-electron chi connectivity index (χ2n) is 8.59. The number of phenols is 1. The fourth-order valence-electron chi connectivity index (χ4n) is 4.54. The molecular weight excluding hydrogens is 446 g/mol. The highest BCUT2D eigenvalue weighted by Crippen LogP contribution is 2.45. The summed E-state index contributed by atoms with van der Waals surface area (Å²) < 4.78 is 16.8. The summed E-state index contributed by atoms with van der Waals surface area (Å²) in [6.45, 7) is 3.84. The first-order chi connectivity index (χ1) is 17.1. The number of carbonyl (C=O) groups is 1. The van der Waals surface area contributed by atoms with Crippen molar-refractivity contribution in [3.05, 3.63) is 59.3 Å². The molecule has 0 spiro atoms. The largest absolute Gasteiger partial charge is 0.507 e. The Hall–Kier alpha value is -3.52. The minimum atomic E-state index is -0.397. The van der Waals surface area contributed by atoms with Crippen molar-refractivity contribution in [1.29, 1.82) is 0 Å². The van der Waals surface area contributed by atoms with Crippen LogP contribution in [0.3, 0.4) is 0 Å². The molecule has 8 heteroatoms. The number of ether oxygens (including phenoxy) is 3. The number of aromatic nitrogens is 2. The number of aromatic amines is 1. The van der Waals surface area contributed by atoms with Gasteiger partial charge in [-0.25, -0.2) is 0 Å². The van der Waals surface area contributed by atoms with Crippen molar-refractivity contribution in [2.75, 3.05) is 34.0 Å². The molecule has 0 radical (unpaired) electrons. The van der Waals surface area contributed by atoms with Gasteiger partial charge in [0.25, 0.3) is 5.91 Å². The van der Waals surface area contributed by atoms with Crippen LogP contribution in [-0.4, -0.2) is 60.1 Å². The van der Waals surface area contributed by atoms with Crippen molar-refractivity contribution in [2.45, 2.75) is 38.6 Å². The normalized spacial score (nSPS) is 14.9. The molecule has 0 saturated heterocycles. The van der Waals surface area contributed by atoms with Gasteiger partial charge >= 0.3 is 0 Å². The van der Waals surface area contributed by atoms with Crippen LogP contribution in [0.5, 0.6) is 17.2 Å². The number of nitrogens with zero attached hydrogens (tertiary/aromatic N) is 2. The molecule has 1 amide bonds. The number of fused-ring (bicyclic) bond motifs is 1. The highest BCUT2D eigenvalue weighted by atomic mass is 16.5. The molecule has 186 valence electrons. The van der Waals surface area contributed by atoms with E-state index in [0.717, 1.165) is 30.4 Å². The van der Waals surface area contributed by atoms with Crippen molar-refractivity contribution in [3.8, 4) is 28.5 Å². The molecule has 1 aliphatic rings. The summed E-state index contributed by atoms with van der Waals surface area (Å²) in [5, 5.41) is 17.9. The third kappa shape index (κ3) is 4.98. The van der Waals surface area contributed by atoms with Crippen LogP contribution in [0.15, 0.2) is 42.5 Å². The summed E-state index contributed by atoms with van der Waals surface area (Å²) >= 11 is 0. The molecule has 8 nitrogen and oxygen atoms in total. The van der Waals surface area contributed by atoms with Gasteiger partial charge in [0.1, 0.15) is 17.1 Å². The van der Waals surface area contributed by atoms with Crippen molar-refractivity contribution in [3.63, 3.8) is 0 Å². The Kier molecular flexibility index (Phi) is 7.92. The Labute approximate surface area is 205 Å². The maximum absolute atomic E-state index is 13.4. The molecule has 35 heavy (non-hydrogen) atoms. The Morgan fingerprint density at radius 2 is 1.89 bits per heavy atom. The van der Waals surface area contributed by atoms with E-state index in [-0.39, 0.29) is 11.7 Å². The van der Waals surface area contributed by atoms with Gasteiger partial charge in [-0.1, -0.05) is 38.0 Å². The summed E-state index contributed by atoms with van der Waals surface area (Å²) in [6.07, 6.45) is 3.91. The van der Waals surface area contributed by atoms with Gasteiger partial charge < -0.3 is 24.2 Å². The van der Waals surface area contributed by atoms with Crippen molar-refractivity contribution in [1.82, 2.24) is 15.1 Å². The molecule has 2 heterocycles. The fraction of sp³-hybridized carbons (Fsp3) is 0.407. The number of hydrogen-bond donors (Lipinski definition) is 2. The summed E-state index contributed by atoms with van der Waals surface area (Å²) in [4.78, 5) is 15.2. The molecule has 0 saturated carbocycles. The summed E-state index contributed by atoms with van der Waals surface area (Å²) in [5.74, 6) is 1.27. The van der Waals surface area contributed by atoms with E-state index in [4.69, 9.17) is 14.2 Å². The Morgan fingerprint density at radius 1 is 1.06 bits per heavy atom. The lowest BCUT2D eigenvalue weighted by molar-refractivity contribution is 0.0723. The predicted octanol–water partition coefficient (Wildman–Crippen LogP) is 4.94. The number of rotatable bonds is 12. The van der Waals surface area contributed by atoms with Crippen LogP contribution >= 0.6 is 0 Å². The van der Waals surface area contributed by atoms with Crippen LogP contribution in [0.4, 0.5) is 0 Å². The molecule has 2 aromatic carbocycles. The van der Waals surface area contributed by atoms with Gasteiger partial charge in [-0.05, 0) is 42.7 Å². The Morgan fingerprint density at radius 3 is 2.63 bits per heavy atom. The Balaban J connectivity index is 1.75. The van der Waals surface area contributed by atoms with Gasteiger partial charge in [-0.2, -0.15) is 5.10 Å². The Bertz CT molecular complexity index is 1160. The van der Waals surface area contributed by atoms with Gasteiger partial charge in [0.15, 0.2) is 11.5 Å². The van der Waals surface area contributed by atoms with Gasteiger partial charge in [0.2, 0.25) is 0 Å². The number of H-pyrrole nitrogens is 1. The molecule has 0 bridgehead atoms. The van der Waals surface area contributed by atoms with E-state index in [1.165, 1.54) is 0 Å². The van der Waals surface area contributed by atoms with Gasteiger partial charge in [-0.15, -0.1) is 0 Å². The lowest BCUT2D eigenvalue weighted by Crippen LogP contribution is -2.31. The quantitative estimate of drug-likeness (QED) is 0.357. The molecular formula is C27H33N3O5. The van der Waals surface area contributed by atoms with Crippen LogP contribution in [0.2, 0.25) is 0 Å². The van der Waals surface area contributed by atoms with E-state index in [1.807, 2.05) is 29.2 Å². The number of methoxy groups -OCH3 is 2. The zero-order valence-corrected chi connectivity index (χ0v) is 20.5. The maximum atomic E-state index is 13.4. The number of nitrogens with one attached hydrogen (secondary N) is 1. The number of para-hydroxylation sites is 1. The monoisotopic (exact) mass is 479 g/mol. The van der Waals surface area contributed by atoms with E-state index in [1.54, 1.807) is 32.4 Å². The number of carbonyl (C=O) groups excluding carboxylic acids is 1. The standard InChI is InChI=1S/C27H33N3O5/c1-4-5-8-16-35-21-13-12-18(17-22(21)34-3)26-23-24(19-10-6-7-11-20(19)31)28-29-25(23)27(32)30(26)14-9-15-33-2/h6-7,10-13,17,26,31H,4-5,8-9,14-16H2,1-3H3,(H,28,29)/t26-/m0/s1. The van der Waals surface area contributed by atoms with Gasteiger partial charge in [0.05, 0.1) is 19.8 Å². The second-order valence-corrected chi connectivity index (χ2v) is 8.59. The number of aromatic hydroxyl groups is 1. The lowest BCUT2D eigenvalue weighted by Gasteiger charge is -2.27. The maximum Gasteiger partial charge on any atom is 0.273 e. The first-order valence-corrected chi connectivity index (χ1v) is 12.1. The van der Waals surface area contributed by atoms with Crippen molar-refractivity contribution >= 4 is 5.91 Å². The van der Waals surface area contributed by atoms with E-state index in [2.05, 4.69) is 17.1 Å². The van der Waals surface area contributed by atoms with Crippen LogP contribution in [-0.2, 0) is 4.74 Å². The predicted molar refractivity (Wildman–Crippen MR) is 133 cm³/mol. The molecule has 0 aliphatic carbocycles. The minimum absolute atomic E-state index is 0.110. The molecule has 1 atom stereocenters. The smallest absolute Gasteiger partial charge is 0.273 e. The van der Waals surface area contributed by atoms with E-state index in [9.17, 15) is 9.90 Å². The van der Waals surface area contributed by atoms with Crippen LogP contribution in [0, 0.1) is 0 Å². The topological polar surface area (TPSA) is 96.9 Å². The zero-order valence-electron chi connectivity index (χ0n) is 20.5. The third-order valence-corrected chi connectivity index (χ3v) is 6.28. The molecule has 2 N–H and O–H groups in total. The average Bonchev–Trinajstić information content (AvgIpc) is 3.41. The summed E-state index contributed by atoms with van der Waals surface area (Å²) in [5.41, 5.74) is 3.19. The highest BCUT2D eigenvalue weighted by molar-refractivity contribution is 6.00. The minimum Gasteiger partial charge on any atom is -0.507 e. The number of benzene rings is 2. The van der Waals surface area contributed by atoms with E-state index < -0.39 is 6.04 Å². The number of phenolic OH excluding ortho intramolecular Hbond substituents is 1. The molecule has 1 aliphatic heterocycles. The number of unbranched alkanes of at least 4 members (excludes halogenated alkanes) is 2. The first kappa shape index (κ1) is 24.6. The van der Waals surface area contributed by atoms with Crippen LogP contribution < -0.4 is 9.47 Å². The molecule has 4 rings (SSSR count). The van der Waals surface area contributed by atoms with Crippen LogP contribution in [0.1, 0.15) is 60.3 Å². The zero-order chi connectivity index (χ0) is 24.8. The van der Waals surface area contributed by atoms with Gasteiger partial charge in [-0.3, -0.25) is 9.89 Å². The SMILES string of the molecule is CCCCCOc1ccc([C@H]2c3c(-c4ccccc4O)n[nH]c3C(=O)N2CCCOC)cc1OC. The van der Waals surface area contributed by atoms with Crippen molar-refractivity contribution < 1.29 is 24.1 Å². The van der Waals surface area contributed by atoms with Gasteiger partial charge in [0, 0.05) is 31.4 Å². The highest BCUT2D eigenvalue weighted by Gasteiger charge is 2.42. The molecule has 0 unspecified atom stereocenters. The third-order valence-electron chi connectivity index (χ3n) is 6.28. The average molecular weight is 480 g/mol. The molecule has 3 aromatic rings. The van der Waals surface area contributed by atoms with E-state index in [0.29, 0.717) is 54.6 Å². The number of amides is 1. The first-order valence-electron chi connectivity index (χ1n) is 12.1. The second kappa shape index (κ2) is 11.3.